The van der Waals surface area contributed by atoms with Gasteiger partial charge in [-0.15, -0.1) is 0 Å². The molecule has 2 aromatic rings. The van der Waals surface area contributed by atoms with Crippen LogP contribution in [0.4, 0.5) is 10.3 Å². The average Bonchev–Trinajstić information content (AvgIpc) is 2.72. The van der Waals surface area contributed by atoms with Crippen LogP contribution in [0.1, 0.15) is 24.2 Å². The van der Waals surface area contributed by atoms with Gasteiger partial charge in [0.15, 0.2) is 5.82 Å². The van der Waals surface area contributed by atoms with Crippen molar-refractivity contribution in [1.29, 1.82) is 0 Å². The highest BCUT2D eigenvalue weighted by atomic mass is 19.1. The molecule has 0 aliphatic heterocycles. The Morgan fingerprint density at radius 1 is 1.50 bits per heavy atom. The highest BCUT2D eigenvalue weighted by Gasteiger charge is 2.30. The van der Waals surface area contributed by atoms with E-state index in [0.717, 1.165) is 0 Å². The molecule has 0 aliphatic rings. The van der Waals surface area contributed by atoms with E-state index >= 15 is 0 Å². The molecule has 1 heterocycles. The minimum atomic E-state index is -1.03. The molecule has 2 N–H and O–H groups in total. The molecule has 0 saturated heterocycles. The summed E-state index contributed by atoms with van der Waals surface area (Å²) in [6.07, 6.45) is 0. The standard InChI is InChI=1S/C13H15FN4O2/c1-3-20-12(19)10(8-6-4-5-7-9(8)14)11-16-13(15)18(2)17-11/h4-7,10H,3H2,1-2H3,(H2,15,16,17). The summed E-state index contributed by atoms with van der Waals surface area (Å²) < 4.78 is 20.2. The molecule has 0 saturated carbocycles. The molecule has 1 unspecified atom stereocenters. The smallest absolute Gasteiger partial charge is 0.321 e. The topological polar surface area (TPSA) is 83.0 Å². The van der Waals surface area contributed by atoms with Crippen molar-refractivity contribution < 1.29 is 13.9 Å². The Kier molecular flexibility index (Phi) is 3.97. The first-order valence-electron chi connectivity index (χ1n) is 6.12. The van der Waals surface area contributed by atoms with Crippen molar-refractivity contribution in [3.63, 3.8) is 0 Å². The Morgan fingerprint density at radius 2 is 2.20 bits per heavy atom. The number of nitrogens with two attached hydrogens (primary N) is 1. The van der Waals surface area contributed by atoms with E-state index in [1.807, 2.05) is 0 Å². The van der Waals surface area contributed by atoms with Gasteiger partial charge in [-0.1, -0.05) is 18.2 Å². The van der Waals surface area contributed by atoms with Crippen LogP contribution in [0.15, 0.2) is 24.3 Å². The maximum atomic E-state index is 13.9. The third kappa shape index (κ3) is 2.61. The van der Waals surface area contributed by atoms with E-state index in [4.69, 9.17) is 10.5 Å². The van der Waals surface area contributed by atoms with Crippen LogP contribution in [0.25, 0.3) is 0 Å². The number of carbonyl (C=O) groups excluding carboxylic acids is 1. The number of anilines is 1. The first-order chi connectivity index (χ1) is 9.54. The lowest BCUT2D eigenvalue weighted by Crippen LogP contribution is -2.20. The number of esters is 1. The molecule has 1 aromatic heterocycles. The molecule has 1 atom stereocenters. The molecule has 0 fully saturated rings. The van der Waals surface area contributed by atoms with Crippen molar-refractivity contribution in [1.82, 2.24) is 14.8 Å². The number of benzene rings is 1. The number of nitrogen functional groups attached to an aromatic ring is 1. The van der Waals surface area contributed by atoms with Crippen LogP contribution >= 0.6 is 0 Å². The van der Waals surface area contributed by atoms with Crippen LogP contribution in [0, 0.1) is 5.82 Å². The van der Waals surface area contributed by atoms with Crippen molar-refractivity contribution >= 4 is 11.9 Å². The molecule has 0 aliphatic carbocycles. The third-order valence-corrected chi connectivity index (χ3v) is 2.81. The number of hydrogen-bond donors (Lipinski definition) is 1. The maximum absolute atomic E-state index is 13.9. The molecule has 0 radical (unpaired) electrons. The van der Waals surface area contributed by atoms with Gasteiger partial charge in [0.1, 0.15) is 11.7 Å². The Bertz CT molecular complexity index is 607. The third-order valence-electron chi connectivity index (χ3n) is 2.81. The summed E-state index contributed by atoms with van der Waals surface area (Å²) in [5.74, 6) is -1.89. The summed E-state index contributed by atoms with van der Waals surface area (Å²) in [7, 11) is 1.59. The van der Waals surface area contributed by atoms with E-state index in [1.165, 1.54) is 16.8 Å². The monoisotopic (exact) mass is 278 g/mol. The fraction of sp³-hybridized carbons (Fsp3) is 0.308. The van der Waals surface area contributed by atoms with Crippen LogP contribution in [0.3, 0.4) is 0 Å². The zero-order valence-electron chi connectivity index (χ0n) is 11.2. The van der Waals surface area contributed by atoms with Crippen LogP contribution in [0.2, 0.25) is 0 Å². The van der Waals surface area contributed by atoms with Crippen molar-refractivity contribution in [3.05, 3.63) is 41.5 Å². The minimum Gasteiger partial charge on any atom is -0.465 e. The van der Waals surface area contributed by atoms with E-state index in [-0.39, 0.29) is 23.9 Å². The van der Waals surface area contributed by atoms with Gasteiger partial charge in [-0.2, -0.15) is 10.1 Å². The van der Waals surface area contributed by atoms with Gasteiger partial charge in [-0.3, -0.25) is 4.79 Å². The molecular formula is C13H15FN4O2. The van der Waals surface area contributed by atoms with E-state index < -0.39 is 17.7 Å². The number of rotatable bonds is 4. The SMILES string of the molecule is CCOC(=O)C(c1nc(N)n(C)n1)c1ccccc1F. The zero-order valence-corrected chi connectivity index (χ0v) is 11.2. The fourth-order valence-corrected chi connectivity index (χ4v) is 1.85. The van der Waals surface area contributed by atoms with Crippen LogP contribution in [0.5, 0.6) is 0 Å². The van der Waals surface area contributed by atoms with Gasteiger partial charge >= 0.3 is 5.97 Å². The van der Waals surface area contributed by atoms with Crippen LogP contribution < -0.4 is 5.73 Å². The summed E-state index contributed by atoms with van der Waals surface area (Å²) in [6, 6.07) is 5.95. The Labute approximate surface area is 115 Å². The predicted molar refractivity (Wildman–Crippen MR) is 70.3 cm³/mol. The maximum Gasteiger partial charge on any atom is 0.321 e. The van der Waals surface area contributed by atoms with Gasteiger partial charge < -0.3 is 10.5 Å². The second-order valence-corrected chi connectivity index (χ2v) is 4.16. The van der Waals surface area contributed by atoms with Gasteiger partial charge in [0.05, 0.1) is 6.61 Å². The first kappa shape index (κ1) is 14.0. The summed E-state index contributed by atoms with van der Waals surface area (Å²) in [6.45, 7) is 1.86. The van der Waals surface area contributed by atoms with E-state index in [1.54, 1.807) is 26.1 Å². The molecule has 6 nitrogen and oxygen atoms in total. The molecule has 7 heteroatoms. The normalized spacial score (nSPS) is 12.2. The molecule has 20 heavy (non-hydrogen) atoms. The van der Waals surface area contributed by atoms with E-state index in [2.05, 4.69) is 10.1 Å². The van der Waals surface area contributed by atoms with Crippen molar-refractivity contribution in [2.45, 2.75) is 12.8 Å². The lowest BCUT2D eigenvalue weighted by Gasteiger charge is -2.13. The summed E-state index contributed by atoms with van der Waals surface area (Å²) in [5.41, 5.74) is 5.78. The second-order valence-electron chi connectivity index (χ2n) is 4.16. The lowest BCUT2D eigenvalue weighted by atomic mass is 9.98. The second kappa shape index (κ2) is 5.68. The Balaban J connectivity index is 2.50. The molecule has 0 amide bonds. The van der Waals surface area contributed by atoms with E-state index in [9.17, 15) is 9.18 Å². The number of nitrogens with zero attached hydrogens (tertiary/aromatic N) is 3. The predicted octanol–water partition coefficient (Wildman–Crippen LogP) is 1.23. The van der Waals surface area contributed by atoms with Crippen LogP contribution in [-0.2, 0) is 16.6 Å². The lowest BCUT2D eigenvalue weighted by molar-refractivity contribution is -0.144. The van der Waals surface area contributed by atoms with Crippen molar-refractivity contribution in [3.8, 4) is 0 Å². The highest BCUT2D eigenvalue weighted by molar-refractivity contribution is 5.81. The average molecular weight is 278 g/mol. The Morgan fingerprint density at radius 3 is 2.75 bits per heavy atom. The van der Waals surface area contributed by atoms with Crippen molar-refractivity contribution in [2.24, 2.45) is 7.05 Å². The number of aromatic nitrogens is 3. The zero-order chi connectivity index (χ0) is 14.7. The summed E-state index contributed by atoms with van der Waals surface area (Å²) in [5, 5.41) is 4.04. The quantitative estimate of drug-likeness (QED) is 0.850. The molecule has 0 spiro atoms. The largest absolute Gasteiger partial charge is 0.465 e. The van der Waals surface area contributed by atoms with Gasteiger partial charge in [-0.25, -0.2) is 9.07 Å². The summed E-state index contributed by atoms with van der Waals surface area (Å²) >= 11 is 0. The molecular weight excluding hydrogens is 263 g/mol. The van der Waals surface area contributed by atoms with Crippen LogP contribution in [-0.4, -0.2) is 27.3 Å². The molecule has 106 valence electrons. The Hall–Kier alpha value is -2.44. The van der Waals surface area contributed by atoms with Crippen molar-refractivity contribution in [2.75, 3.05) is 12.3 Å². The van der Waals surface area contributed by atoms with Gasteiger partial charge in [0.2, 0.25) is 5.95 Å². The molecule has 0 bridgehead atoms. The number of aryl methyl sites for hydroxylation is 1. The number of carbonyl (C=O) groups is 1. The van der Waals surface area contributed by atoms with Gasteiger partial charge in [-0.05, 0) is 13.0 Å². The molecule has 1 aromatic carbocycles. The van der Waals surface area contributed by atoms with Gasteiger partial charge in [0, 0.05) is 12.6 Å². The number of hydrogen-bond acceptors (Lipinski definition) is 5. The highest BCUT2D eigenvalue weighted by Crippen LogP contribution is 2.26. The minimum absolute atomic E-state index is 0.119. The molecule has 2 rings (SSSR count). The van der Waals surface area contributed by atoms with E-state index in [0.29, 0.717) is 0 Å². The fourth-order valence-electron chi connectivity index (χ4n) is 1.85. The first-order valence-corrected chi connectivity index (χ1v) is 6.12. The number of ether oxygens (including phenoxy) is 1. The van der Waals surface area contributed by atoms with Gasteiger partial charge in [0.25, 0.3) is 0 Å². The summed E-state index contributed by atoms with van der Waals surface area (Å²) in [4.78, 5) is 16.1. The number of halogens is 1.